The monoisotopic (exact) mass is 316 g/mol. The highest BCUT2D eigenvalue weighted by Crippen LogP contribution is 2.20. The smallest absolute Gasteiger partial charge is 0.126 e. The van der Waals surface area contributed by atoms with Crippen molar-refractivity contribution in [3.63, 3.8) is 0 Å². The van der Waals surface area contributed by atoms with Crippen molar-refractivity contribution >= 4 is 17.2 Å². The van der Waals surface area contributed by atoms with Crippen LogP contribution in [0.25, 0.3) is 0 Å². The molecule has 5 heteroatoms. The number of hydrogen-bond acceptors (Lipinski definition) is 5. The molecule has 2 aromatic rings. The maximum absolute atomic E-state index is 4.56. The number of nitrogens with one attached hydrogen (secondary N) is 1. The zero-order chi connectivity index (χ0) is 15.4. The van der Waals surface area contributed by atoms with Gasteiger partial charge in [0.25, 0.3) is 0 Å². The Kier molecular flexibility index (Phi) is 5.05. The van der Waals surface area contributed by atoms with E-state index in [-0.39, 0.29) is 0 Å². The van der Waals surface area contributed by atoms with Gasteiger partial charge in [-0.1, -0.05) is 6.07 Å². The first-order valence-corrected chi connectivity index (χ1v) is 8.88. The molecule has 2 aromatic heterocycles. The number of likely N-dealkylation sites (tertiary alicyclic amines) is 1. The molecule has 1 N–H and O–H groups in total. The van der Waals surface area contributed by atoms with Crippen LogP contribution in [0.3, 0.4) is 0 Å². The Bertz CT molecular complexity index is 602. The zero-order valence-electron chi connectivity index (χ0n) is 13.4. The first kappa shape index (κ1) is 15.4. The molecule has 1 saturated heterocycles. The second-order valence-electron chi connectivity index (χ2n) is 6.12. The highest BCUT2D eigenvalue weighted by molar-refractivity contribution is 7.09. The topological polar surface area (TPSA) is 41.0 Å². The van der Waals surface area contributed by atoms with Gasteiger partial charge in [0, 0.05) is 24.2 Å². The molecule has 22 heavy (non-hydrogen) atoms. The molecule has 0 spiro atoms. The van der Waals surface area contributed by atoms with E-state index in [1.165, 1.54) is 36.6 Å². The van der Waals surface area contributed by atoms with Crippen LogP contribution in [-0.4, -0.2) is 34.5 Å². The van der Waals surface area contributed by atoms with Crippen LogP contribution in [0.2, 0.25) is 0 Å². The number of thiazole rings is 1. The predicted octanol–water partition coefficient (Wildman–Crippen LogP) is 3.48. The average molecular weight is 316 g/mol. The Hall–Kier alpha value is -1.46. The second-order valence-corrected chi connectivity index (χ2v) is 7.18. The van der Waals surface area contributed by atoms with Crippen LogP contribution < -0.4 is 5.32 Å². The largest absolute Gasteiger partial charge is 0.370 e. The van der Waals surface area contributed by atoms with E-state index in [2.05, 4.69) is 38.6 Å². The summed E-state index contributed by atoms with van der Waals surface area (Å²) in [6.07, 6.45) is 2.50. The van der Waals surface area contributed by atoms with Gasteiger partial charge in [0.1, 0.15) is 5.82 Å². The highest BCUT2D eigenvalue weighted by Gasteiger charge is 2.19. The van der Waals surface area contributed by atoms with Gasteiger partial charge in [-0.2, -0.15) is 0 Å². The summed E-state index contributed by atoms with van der Waals surface area (Å²) in [6.45, 7) is 8.48. The average Bonchev–Trinajstić information content (AvgIpc) is 2.92. The number of piperidine rings is 1. The van der Waals surface area contributed by atoms with Gasteiger partial charge < -0.3 is 5.32 Å². The van der Waals surface area contributed by atoms with Crippen LogP contribution in [0.1, 0.15) is 29.2 Å². The summed E-state index contributed by atoms with van der Waals surface area (Å²) >= 11 is 1.75. The molecular weight excluding hydrogens is 292 g/mol. The van der Waals surface area contributed by atoms with Crippen molar-refractivity contribution in [3.05, 3.63) is 40.0 Å². The maximum atomic E-state index is 4.56. The molecule has 1 aliphatic rings. The number of nitrogens with zero attached hydrogens (tertiary/aromatic N) is 3. The molecule has 3 rings (SSSR count). The normalized spacial score (nSPS) is 16.8. The summed E-state index contributed by atoms with van der Waals surface area (Å²) in [6, 6.07) is 6.14. The number of anilines is 1. The first-order valence-electron chi connectivity index (χ1n) is 8.00. The summed E-state index contributed by atoms with van der Waals surface area (Å²) in [4.78, 5) is 11.6. The van der Waals surface area contributed by atoms with Crippen molar-refractivity contribution in [2.75, 3.05) is 25.0 Å². The molecule has 0 amide bonds. The SMILES string of the molecule is Cc1cccc(NCC2CCN(Cc3csc(C)n3)CC2)n1. The third kappa shape index (κ3) is 4.27. The summed E-state index contributed by atoms with van der Waals surface area (Å²) in [5.41, 5.74) is 2.29. The number of aromatic nitrogens is 2. The van der Waals surface area contributed by atoms with E-state index >= 15 is 0 Å². The minimum atomic E-state index is 0.746. The van der Waals surface area contributed by atoms with Crippen LogP contribution in [0, 0.1) is 19.8 Å². The molecule has 0 unspecified atom stereocenters. The zero-order valence-corrected chi connectivity index (χ0v) is 14.2. The third-order valence-electron chi connectivity index (χ3n) is 4.22. The van der Waals surface area contributed by atoms with Crippen LogP contribution >= 0.6 is 11.3 Å². The standard InChI is InChI=1S/C17H24N4S/c1-13-4-3-5-17(19-13)18-10-15-6-8-21(9-7-15)11-16-12-22-14(2)20-16/h3-5,12,15H,6-11H2,1-2H3,(H,18,19). The lowest BCUT2D eigenvalue weighted by atomic mass is 9.96. The minimum Gasteiger partial charge on any atom is -0.370 e. The molecular formula is C17H24N4S. The van der Waals surface area contributed by atoms with Crippen LogP contribution in [-0.2, 0) is 6.54 Å². The molecule has 0 radical (unpaired) electrons. The molecule has 0 bridgehead atoms. The van der Waals surface area contributed by atoms with Gasteiger partial charge in [0.05, 0.1) is 10.7 Å². The summed E-state index contributed by atoms with van der Waals surface area (Å²) in [7, 11) is 0. The Morgan fingerprint density at radius 3 is 2.73 bits per heavy atom. The lowest BCUT2D eigenvalue weighted by Gasteiger charge is -2.31. The molecule has 4 nitrogen and oxygen atoms in total. The minimum absolute atomic E-state index is 0.746. The van der Waals surface area contributed by atoms with Gasteiger partial charge in [0.2, 0.25) is 0 Å². The number of rotatable bonds is 5. The molecule has 3 heterocycles. The van der Waals surface area contributed by atoms with Crippen molar-refractivity contribution in [2.24, 2.45) is 5.92 Å². The van der Waals surface area contributed by atoms with Crippen molar-refractivity contribution in [2.45, 2.75) is 33.2 Å². The Balaban J connectivity index is 1.42. The molecule has 118 valence electrons. The fourth-order valence-corrected chi connectivity index (χ4v) is 3.55. The van der Waals surface area contributed by atoms with Crippen LogP contribution in [0.4, 0.5) is 5.82 Å². The predicted molar refractivity (Wildman–Crippen MR) is 92.3 cm³/mol. The lowest BCUT2D eigenvalue weighted by Crippen LogP contribution is -2.35. The van der Waals surface area contributed by atoms with E-state index in [9.17, 15) is 0 Å². The van der Waals surface area contributed by atoms with E-state index in [1.54, 1.807) is 11.3 Å². The van der Waals surface area contributed by atoms with Crippen molar-refractivity contribution in [1.82, 2.24) is 14.9 Å². The Labute approximate surface area is 136 Å². The molecule has 1 fully saturated rings. The summed E-state index contributed by atoms with van der Waals surface area (Å²) in [5, 5.41) is 6.84. The molecule has 0 aromatic carbocycles. The number of hydrogen-bond donors (Lipinski definition) is 1. The fraction of sp³-hybridized carbons (Fsp3) is 0.529. The van der Waals surface area contributed by atoms with E-state index in [1.807, 2.05) is 19.1 Å². The van der Waals surface area contributed by atoms with Gasteiger partial charge in [0.15, 0.2) is 0 Å². The fourth-order valence-electron chi connectivity index (χ4n) is 2.95. The maximum Gasteiger partial charge on any atom is 0.126 e. The first-order chi connectivity index (χ1) is 10.7. The summed E-state index contributed by atoms with van der Waals surface area (Å²) < 4.78 is 0. The second kappa shape index (κ2) is 7.20. The van der Waals surface area contributed by atoms with Crippen molar-refractivity contribution in [1.29, 1.82) is 0 Å². The molecule has 1 aliphatic heterocycles. The van der Waals surface area contributed by atoms with E-state index in [0.29, 0.717) is 0 Å². The van der Waals surface area contributed by atoms with Gasteiger partial charge >= 0.3 is 0 Å². The lowest BCUT2D eigenvalue weighted by molar-refractivity contribution is 0.181. The molecule has 0 aliphatic carbocycles. The van der Waals surface area contributed by atoms with Gasteiger partial charge in [-0.05, 0) is 57.8 Å². The van der Waals surface area contributed by atoms with Crippen LogP contribution in [0.5, 0.6) is 0 Å². The number of aryl methyl sites for hydroxylation is 2. The Morgan fingerprint density at radius 2 is 2.05 bits per heavy atom. The highest BCUT2D eigenvalue weighted by atomic mass is 32.1. The molecule has 0 saturated carbocycles. The van der Waals surface area contributed by atoms with Gasteiger partial charge in [-0.3, -0.25) is 4.90 Å². The van der Waals surface area contributed by atoms with Crippen molar-refractivity contribution in [3.8, 4) is 0 Å². The summed E-state index contributed by atoms with van der Waals surface area (Å²) in [5.74, 6) is 1.75. The van der Waals surface area contributed by atoms with E-state index in [4.69, 9.17) is 0 Å². The third-order valence-corrected chi connectivity index (χ3v) is 5.04. The van der Waals surface area contributed by atoms with Gasteiger partial charge in [-0.15, -0.1) is 11.3 Å². The van der Waals surface area contributed by atoms with Gasteiger partial charge in [-0.25, -0.2) is 9.97 Å². The quantitative estimate of drug-likeness (QED) is 0.917. The number of pyridine rings is 1. The van der Waals surface area contributed by atoms with E-state index in [0.717, 1.165) is 30.5 Å². The van der Waals surface area contributed by atoms with Crippen LogP contribution in [0.15, 0.2) is 23.6 Å². The Morgan fingerprint density at radius 1 is 1.23 bits per heavy atom. The molecule has 0 atom stereocenters. The van der Waals surface area contributed by atoms with Crippen molar-refractivity contribution < 1.29 is 0 Å². The van der Waals surface area contributed by atoms with E-state index < -0.39 is 0 Å².